The van der Waals surface area contributed by atoms with Crippen LogP contribution in [0.1, 0.15) is 0 Å². The molecule has 11 rings (SSSR count). The van der Waals surface area contributed by atoms with Crippen LogP contribution < -0.4 is 26.4 Å². The molecule has 4 nitrogen and oxygen atoms in total. The van der Waals surface area contributed by atoms with E-state index in [4.69, 9.17) is 8.83 Å². The van der Waals surface area contributed by atoms with E-state index in [2.05, 4.69) is 168 Å². The second kappa shape index (κ2) is 10.7. The third-order valence-electron chi connectivity index (χ3n) is 10.1. The molecule has 6 heteroatoms. The molecule has 0 atom stereocenters. The lowest BCUT2D eigenvalue weighted by Crippen LogP contribution is -2.59. The zero-order chi connectivity index (χ0) is 32.8. The van der Waals surface area contributed by atoms with E-state index in [1.54, 1.807) is 0 Å². The lowest BCUT2D eigenvalue weighted by molar-refractivity contribution is 0.622. The van der Waals surface area contributed by atoms with Gasteiger partial charge in [-0.1, -0.05) is 109 Å². The molecule has 7 aromatic carbocycles. The van der Waals surface area contributed by atoms with Gasteiger partial charge < -0.3 is 13.7 Å². The number of hydrogen-bond acceptors (Lipinski definition) is 5. The predicted octanol–water partition coefficient (Wildman–Crippen LogP) is 10.6. The summed E-state index contributed by atoms with van der Waals surface area (Å²) in [5.41, 5.74) is 10.6. The maximum atomic E-state index is 7.03. The van der Waals surface area contributed by atoms with Crippen LogP contribution in [0.15, 0.2) is 182 Å². The molecule has 9 aromatic rings. The van der Waals surface area contributed by atoms with E-state index in [-0.39, 0.29) is 6.71 Å². The summed E-state index contributed by atoms with van der Waals surface area (Å²) in [6.07, 6.45) is 0. The fourth-order valence-corrected chi connectivity index (χ4v) is 9.20. The van der Waals surface area contributed by atoms with Crippen LogP contribution in [0.25, 0.3) is 32.7 Å². The summed E-state index contributed by atoms with van der Waals surface area (Å²) in [4.78, 5) is 7.04. The van der Waals surface area contributed by atoms with E-state index in [9.17, 15) is 0 Å². The highest BCUT2D eigenvalue weighted by Crippen LogP contribution is 2.47. The van der Waals surface area contributed by atoms with Crippen molar-refractivity contribution in [1.82, 2.24) is 0 Å². The normalized spacial score (nSPS) is 13.0. The second-order valence-corrected chi connectivity index (χ2v) is 13.9. The summed E-state index contributed by atoms with van der Waals surface area (Å²) in [5, 5.41) is 4.58. The number of furan rings is 2. The molecule has 0 saturated heterocycles. The van der Waals surface area contributed by atoms with Gasteiger partial charge >= 0.3 is 0 Å². The lowest BCUT2D eigenvalue weighted by atomic mass is 9.37. The Morgan fingerprint density at radius 1 is 0.540 bits per heavy atom. The molecule has 2 aromatic heterocycles. The van der Waals surface area contributed by atoms with Crippen molar-refractivity contribution >= 4 is 102 Å². The first-order valence-corrected chi connectivity index (χ1v) is 17.7. The van der Waals surface area contributed by atoms with Crippen molar-refractivity contribution in [2.45, 2.75) is 9.79 Å². The molecule has 0 aliphatic carbocycles. The van der Waals surface area contributed by atoms with E-state index < -0.39 is 0 Å². The number of nitrogens with zero attached hydrogens (tertiary/aromatic N) is 2. The number of anilines is 6. The van der Waals surface area contributed by atoms with E-state index in [1.165, 1.54) is 20.6 Å². The molecular formula is C44H27BN2O2S. The van der Waals surface area contributed by atoms with Crippen LogP contribution >= 0.6 is 11.8 Å². The Balaban J connectivity index is 1.16. The summed E-state index contributed by atoms with van der Waals surface area (Å²) in [7, 11) is 0. The number of fused-ring (bicyclic) bond motifs is 10. The summed E-state index contributed by atoms with van der Waals surface area (Å²) in [6.45, 7) is -0.119. The SMILES string of the molecule is c1ccc(N(c2ccccc2)c2cccc(N3c4cccc5c4B(c4oc6c(ccc7ccccc76)c4S5)c4c3oc3ccccc43)c2)cc1. The minimum absolute atomic E-state index is 0.119. The molecule has 0 unspecified atom stereocenters. The first-order valence-electron chi connectivity index (χ1n) is 16.9. The Labute approximate surface area is 293 Å². The largest absolute Gasteiger partial charge is 0.468 e. The fraction of sp³-hybridized carbons (Fsp3) is 0. The standard InChI is InChI=1S/C44H27BN2O2S/c1-3-14-29(15-4-1)46(30-16-5-2-6-17-30)31-18-11-19-32(27-31)47-36-22-12-24-38-40(36)45(39-34-21-9-10-23-37(34)48-44(39)47)43-42(50-38)35-26-25-28-13-7-8-20-33(28)41(35)49-43/h1-27H. The average Bonchev–Trinajstić information content (AvgIpc) is 3.75. The smallest absolute Gasteiger partial charge is 0.299 e. The molecule has 50 heavy (non-hydrogen) atoms. The summed E-state index contributed by atoms with van der Waals surface area (Å²) in [6, 6.07) is 57.9. The van der Waals surface area contributed by atoms with Gasteiger partial charge in [0.15, 0.2) is 0 Å². The fourth-order valence-electron chi connectivity index (χ4n) is 7.97. The van der Waals surface area contributed by atoms with Crippen molar-refractivity contribution in [3.63, 3.8) is 0 Å². The van der Waals surface area contributed by atoms with Crippen molar-refractivity contribution in [3.8, 4) is 0 Å². The van der Waals surface area contributed by atoms with Gasteiger partial charge in [-0.15, -0.1) is 0 Å². The number of benzene rings is 7. The Bertz CT molecular complexity index is 2730. The summed E-state index contributed by atoms with van der Waals surface area (Å²) in [5.74, 6) is 0.826. The van der Waals surface area contributed by atoms with Crippen molar-refractivity contribution in [1.29, 1.82) is 0 Å². The van der Waals surface area contributed by atoms with Crippen LogP contribution in [0.3, 0.4) is 0 Å². The molecule has 2 aliphatic heterocycles. The van der Waals surface area contributed by atoms with Crippen molar-refractivity contribution in [2.24, 2.45) is 0 Å². The Morgan fingerprint density at radius 2 is 1.24 bits per heavy atom. The van der Waals surface area contributed by atoms with Gasteiger partial charge in [-0.25, -0.2) is 0 Å². The highest BCUT2D eigenvalue weighted by molar-refractivity contribution is 8.00. The van der Waals surface area contributed by atoms with Gasteiger partial charge in [0.05, 0.1) is 16.2 Å². The van der Waals surface area contributed by atoms with E-state index >= 15 is 0 Å². The maximum absolute atomic E-state index is 7.03. The first-order chi connectivity index (χ1) is 24.8. The van der Waals surface area contributed by atoms with Crippen LogP contribution in [-0.2, 0) is 0 Å². The zero-order valence-electron chi connectivity index (χ0n) is 26.8. The first kappa shape index (κ1) is 27.8. The van der Waals surface area contributed by atoms with E-state index in [0.29, 0.717) is 0 Å². The minimum atomic E-state index is -0.119. The lowest BCUT2D eigenvalue weighted by Gasteiger charge is -2.36. The zero-order valence-corrected chi connectivity index (χ0v) is 27.6. The molecule has 0 fully saturated rings. The molecule has 2 aliphatic rings. The van der Waals surface area contributed by atoms with Gasteiger partial charge in [0.25, 0.3) is 6.71 Å². The molecule has 0 amide bonds. The van der Waals surface area contributed by atoms with Crippen LogP contribution in [-0.4, -0.2) is 6.71 Å². The van der Waals surface area contributed by atoms with Gasteiger partial charge in [-0.05, 0) is 77.6 Å². The summed E-state index contributed by atoms with van der Waals surface area (Å²) >= 11 is 1.82. The van der Waals surface area contributed by atoms with Gasteiger partial charge in [0.1, 0.15) is 11.2 Å². The number of para-hydroxylation sites is 3. The monoisotopic (exact) mass is 658 g/mol. The van der Waals surface area contributed by atoms with Crippen LogP contribution in [0.4, 0.5) is 34.3 Å². The quantitative estimate of drug-likeness (QED) is 0.176. The van der Waals surface area contributed by atoms with Gasteiger partial charge in [0, 0.05) is 49.3 Å². The molecule has 0 radical (unpaired) electrons. The molecule has 0 saturated carbocycles. The number of hydrogen-bond donors (Lipinski definition) is 0. The number of rotatable bonds is 4. The molecule has 4 heterocycles. The molecule has 0 spiro atoms. The van der Waals surface area contributed by atoms with Crippen LogP contribution in [0, 0.1) is 0 Å². The minimum Gasteiger partial charge on any atom is -0.468 e. The molecule has 0 N–H and O–H groups in total. The van der Waals surface area contributed by atoms with E-state index in [0.717, 1.165) is 72.8 Å². The highest BCUT2D eigenvalue weighted by Gasteiger charge is 2.47. The van der Waals surface area contributed by atoms with Gasteiger partial charge in [-0.3, -0.25) is 4.90 Å². The Kier molecular flexibility index (Phi) is 5.95. The maximum Gasteiger partial charge on any atom is 0.299 e. The van der Waals surface area contributed by atoms with Gasteiger partial charge in [0.2, 0.25) is 5.88 Å². The van der Waals surface area contributed by atoms with Crippen molar-refractivity contribution in [3.05, 3.63) is 164 Å². The Hall–Kier alpha value is -6.11. The van der Waals surface area contributed by atoms with E-state index in [1.807, 2.05) is 17.8 Å². The average molecular weight is 659 g/mol. The van der Waals surface area contributed by atoms with Crippen LogP contribution in [0.5, 0.6) is 0 Å². The van der Waals surface area contributed by atoms with Crippen LogP contribution in [0.2, 0.25) is 0 Å². The second-order valence-electron chi connectivity index (χ2n) is 12.9. The third kappa shape index (κ3) is 3.97. The molecular weight excluding hydrogens is 631 g/mol. The molecule has 234 valence electrons. The highest BCUT2D eigenvalue weighted by atomic mass is 32.2. The Morgan fingerprint density at radius 3 is 2.06 bits per heavy atom. The molecule has 0 bridgehead atoms. The third-order valence-corrected chi connectivity index (χ3v) is 11.3. The topological polar surface area (TPSA) is 32.8 Å². The van der Waals surface area contributed by atoms with Crippen molar-refractivity contribution in [2.75, 3.05) is 9.80 Å². The predicted molar refractivity (Wildman–Crippen MR) is 208 cm³/mol. The summed E-state index contributed by atoms with van der Waals surface area (Å²) < 4.78 is 13.9. The van der Waals surface area contributed by atoms with Gasteiger partial charge in [-0.2, -0.15) is 0 Å². The van der Waals surface area contributed by atoms with Crippen molar-refractivity contribution < 1.29 is 8.83 Å².